The van der Waals surface area contributed by atoms with Crippen molar-refractivity contribution in [1.29, 1.82) is 0 Å². The van der Waals surface area contributed by atoms with Crippen molar-refractivity contribution in [2.45, 2.75) is 91.3 Å². The van der Waals surface area contributed by atoms with Crippen LogP contribution in [0.3, 0.4) is 0 Å². The van der Waals surface area contributed by atoms with Gasteiger partial charge < -0.3 is 4.74 Å². The third kappa shape index (κ3) is 3.51. The molecule has 0 N–H and O–H groups in total. The number of fused-ring (bicyclic) bond motifs is 4. The first-order valence-corrected chi connectivity index (χ1v) is 11.0. The highest BCUT2D eigenvalue weighted by molar-refractivity contribution is 5.19. The van der Waals surface area contributed by atoms with E-state index >= 15 is 0 Å². The highest BCUT2D eigenvalue weighted by Gasteiger charge is 2.44. The molecule has 4 aliphatic carbocycles. The van der Waals surface area contributed by atoms with E-state index in [1.54, 1.807) is 11.1 Å². The number of hydrogen-bond donors (Lipinski definition) is 0. The van der Waals surface area contributed by atoms with Crippen LogP contribution in [0.25, 0.3) is 0 Å². The molecule has 25 heavy (non-hydrogen) atoms. The zero-order valence-electron chi connectivity index (χ0n) is 16.8. The maximum atomic E-state index is 6.49. The maximum absolute atomic E-state index is 6.49. The van der Waals surface area contributed by atoms with E-state index in [-0.39, 0.29) is 0 Å². The molecule has 0 radical (unpaired) electrons. The smallest absolute Gasteiger partial charge is 0.0553 e. The topological polar surface area (TPSA) is 9.23 Å². The molecule has 0 spiro atoms. The molecule has 0 amide bonds. The van der Waals surface area contributed by atoms with Gasteiger partial charge in [0.15, 0.2) is 0 Å². The van der Waals surface area contributed by atoms with Crippen LogP contribution in [0, 0.1) is 35.5 Å². The summed E-state index contributed by atoms with van der Waals surface area (Å²) >= 11 is 0. The zero-order valence-corrected chi connectivity index (χ0v) is 16.8. The molecule has 4 aliphatic rings. The lowest BCUT2D eigenvalue weighted by molar-refractivity contribution is -0.0201. The fourth-order valence-corrected chi connectivity index (χ4v) is 7.24. The molecule has 0 aromatic heterocycles. The van der Waals surface area contributed by atoms with Crippen molar-refractivity contribution in [3.05, 3.63) is 23.3 Å². The van der Waals surface area contributed by atoms with Gasteiger partial charge in [0.1, 0.15) is 0 Å². The highest BCUT2D eigenvalue weighted by atomic mass is 16.5. The summed E-state index contributed by atoms with van der Waals surface area (Å²) in [5.74, 6) is 5.53. The summed E-state index contributed by atoms with van der Waals surface area (Å²) in [6.45, 7) is 9.14. The number of allylic oxidation sites excluding steroid dienone is 4. The average molecular weight is 343 g/mol. The molecule has 4 fully saturated rings. The minimum Gasteiger partial charge on any atom is -0.376 e. The molecule has 140 valence electrons. The van der Waals surface area contributed by atoms with Crippen molar-refractivity contribution >= 4 is 0 Å². The molecule has 0 aliphatic heterocycles. The van der Waals surface area contributed by atoms with E-state index < -0.39 is 0 Å². The molecule has 0 heterocycles. The van der Waals surface area contributed by atoms with Gasteiger partial charge in [-0.25, -0.2) is 0 Å². The van der Waals surface area contributed by atoms with Crippen LogP contribution in [0.2, 0.25) is 0 Å². The average Bonchev–Trinajstić information content (AvgIpc) is 3.32. The maximum Gasteiger partial charge on any atom is 0.0553 e. The summed E-state index contributed by atoms with van der Waals surface area (Å²) in [6.07, 6.45) is 16.8. The Morgan fingerprint density at radius 3 is 1.60 bits per heavy atom. The minimum absolute atomic E-state index is 0.428. The summed E-state index contributed by atoms with van der Waals surface area (Å²) < 4.78 is 6.49. The minimum atomic E-state index is 0.428. The van der Waals surface area contributed by atoms with Gasteiger partial charge in [0.2, 0.25) is 0 Å². The van der Waals surface area contributed by atoms with Gasteiger partial charge in [0, 0.05) is 0 Å². The lowest BCUT2D eigenvalue weighted by Gasteiger charge is -2.31. The lowest BCUT2D eigenvalue weighted by Crippen LogP contribution is -2.26. The van der Waals surface area contributed by atoms with E-state index in [1.807, 2.05) is 0 Å². The first-order chi connectivity index (χ1) is 12.1. The molecule has 8 unspecified atom stereocenters. The Balaban J connectivity index is 1.25. The van der Waals surface area contributed by atoms with Crippen molar-refractivity contribution in [3.8, 4) is 0 Å². The van der Waals surface area contributed by atoms with Gasteiger partial charge in [-0.05, 0) is 115 Å². The quantitative estimate of drug-likeness (QED) is 0.498. The van der Waals surface area contributed by atoms with Crippen LogP contribution in [0.4, 0.5) is 0 Å². The van der Waals surface area contributed by atoms with Gasteiger partial charge in [-0.1, -0.05) is 23.3 Å². The molecular weight excluding hydrogens is 304 g/mol. The Hall–Kier alpha value is -0.560. The number of ether oxygens (including phenoxy) is 1. The van der Waals surface area contributed by atoms with Crippen LogP contribution in [0.1, 0.15) is 79.1 Å². The van der Waals surface area contributed by atoms with Crippen LogP contribution in [-0.4, -0.2) is 12.2 Å². The van der Waals surface area contributed by atoms with Gasteiger partial charge in [0.25, 0.3) is 0 Å². The normalized spacial score (nSPS) is 45.0. The second kappa shape index (κ2) is 7.22. The fourth-order valence-electron chi connectivity index (χ4n) is 7.24. The molecule has 0 aromatic carbocycles. The molecule has 4 rings (SSSR count). The molecule has 0 saturated heterocycles. The predicted molar refractivity (Wildman–Crippen MR) is 105 cm³/mol. The van der Waals surface area contributed by atoms with Gasteiger partial charge in [-0.3, -0.25) is 0 Å². The zero-order chi connectivity index (χ0) is 17.6. The van der Waals surface area contributed by atoms with Crippen molar-refractivity contribution < 1.29 is 4.74 Å². The third-order valence-corrected chi connectivity index (χ3v) is 8.06. The third-order valence-electron chi connectivity index (χ3n) is 8.06. The molecule has 8 atom stereocenters. The first kappa shape index (κ1) is 17.8. The Labute approximate surface area is 155 Å². The highest BCUT2D eigenvalue weighted by Crippen LogP contribution is 2.54. The van der Waals surface area contributed by atoms with Crippen molar-refractivity contribution in [2.75, 3.05) is 0 Å². The van der Waals surface area contributed by atoms with Crippen molar-refractivity contribution in [1.82, 2.24) is 0 Å². The summed E-state index contributed by atoms with van der Waals surface area (Å²) in [5.41, 5.74) is 3.50. The SMILES string of the molecule is CC=C1CC2CC(CC(C)OC(C)CC3CC4CC(=CC)C3C4)C1C2. The van der Waals surface area contributed by atoms with E-state index in [1.165, 1.54) is 51.4 Å². The lowest BCUT2D eigenvalue weighted by atomic mass is 9.81. The Kier molecular flexibility index (Phi) is 5.15. The van der Waals surface area contributed by atoms with Crippen LogP contribution in [0.5, 0.6) is 0 Å². The van der Waals surface area contributed by atoms with Gasteiger partial charge in [0.05, 0.1) is 12.2 Å². The second-order valence-electron chi connectivity index (χ2n) is 9.77. The molecule has 1 heteroatoms. The fraction of sp³-hybridized carbons (Fsp3) is 0.833. The second-order valence-corrected chi connectivity index (χ2v) is 9.77. The van der Waals surface area contributed by atoms with E-state index in [0.29, 0.717) is 12.2 Å². The molecule has 4 saturated carbocycles. The van der Waals surface area contributed by atoms with Crippen LogP contribution >= 0.6 is 0 Å². The monoisotopic (exact) mass is 342 g/mol. The summed E-state index contributed by atoms with van der Waals surface area (Å²) in [4.78, 5) is 0. The summed E-state index contributed by atoms with van der Waals surface area (Å²) in [5, 5.41) is 0. The van der Waals surface area contributed by atoms with Gasteiger partial charge in [-0.15, -0.1) is 0 Å². The van der Waals surface area contributed by atoms with Crippen LogP contribution in [-0.2, 0) is 4.74 Å². The predicted octanol–water partition coefficient (Wildman–Crippen LogP) is 6.55. The number of rotatable bonds is 6. The van der Waals surface area contributed by atoms with Crippen LogP contribution < -0.4 is 0 Å². The Morgan fingerprint density at radius 2 is 1.24 bits per heavy atom. The summed E-state index contributed by atoms with van der Waals surface area (Å²) in [6, 6.07) is 0. The van der Waals surface area contributed by atoms with Crippen molar-refractivity contribution in [2.24, 2.45) is 35.5 Å². The molecular formula is C24H38O. The van der Waals surface area contributed by atoms with E-state index in [2.05, 4.69) is 39.8 Å². The van der Waals surface area contributed by atoms with Gasteiger partial charge >= 0.3 is 0 Å². The molecule has 4 bridgehead atoms. The van der Waals surface area contributed by atoms with E-state index in [0.717, 1.165) is 35.5 Å². The van der Waals surface area contributed by atoms with Gasteiger partial charge in [-0.2, -0.15) is 0 Å². The number of hydrogen-bond acceptors (Lipinski definition) is 1. The van der Waals surface area contributed by atoms with Crippen LogP contribution in [0.15, 0.2) is 23.3 Å². The van der Waals surface area contributed by atoms with E-state index in [4.69, 9.17) is 4.74 Å². The largest absolute Gasteiger partial charge is 0.376 e. The molecule has 1 nitrogen and oxygen atoms in total. The Morgan fingerprint density at radius 1 is 0.800 bits per heavy atom. The molecule has 0 aromatic rings. The Bertz CT molecular complexity index is 496. The van der Waals surface area contributed by atoms with Crippen molar-refractivity contribution in [3.63, 3.8) is 0 Å². The first-order valence-electron chi connectivity index (χ1n) is 11.0. The van der Waals surface area contributed by atoms with E-state index in [9.17, 15) is 0 Å². The summed E-state index contributed by atoms with van der Waals surface area (Å²) in [7, 11) is 0. The standard InChI is InChI=1S/C24H38O/c1-5-19-9-17-11-21(23(19)13-17)7-15(3)25-16(4)8-22-12-18-10-20(6-2)24(22)14-18/h5-6,15-18,21-24H,7-14H2,1-4H3.